The number of rotatable bonds is 4. The van der Waals surface area contributed by atoms with E-state index in [1.807, 2.05) is 74.2 Å². The van der Waals surface area contributed by atoms with E-state index in [2.05, 4.69) is 15.3 Å². The molecule has 2 aromatic heterocycles. The first-order valence-corrected chi connectivity index (χ1v) is 10.5. The summed E-state index contributed by atoms with van der Waals surface area (Å²) in [5.74, 6) is 2.86. The summed E-state index contributed by atoms with van der Waals surface area (Å²) in [6.45, 7) is 3.87. The average molecular weight is 397 g/mol. The van der Waals surface area contributed by atoms with Gasteiger partial charge in [-0.1, -0.05) is 0 Å². The minimum Gasteiger partial charge on any atom is -0.378 e. The highest BCUT2D eigenvalue weighted by atomic mass is 32.2. The molecule has 7 nitrogen and oxygen atoms in total. The lowest BCUT2D eigenvalue weighted by molar-refractivity contribution is 0.102. The number of aryl methyl sites for hydroxylation is 1. The van der Waals surface area contributed by atoms with Crippen molar-refractivity contribution < 1.29 is 4.79 Å². The summed E-state index contributed by atoms with van der Waals surface area (Å²) in [7, 11) is 3.97. The maximum atomic E-state index is 12.7. The van der Waals surface area contributed by atoms with Crippen LogP contribution < -0.4 is 15.1 Å². The second kappa shape index (κ2) is 7.71. The van der Waals surface area contributed by atoms with Crippen LogP contribution >= 0.6 is 11.8 Å². The van der Waals surface area contributed by atoms with Crippen LogP contribution in [0.1, 0.15) is 16.2 Å². The first kappa shape index (κ1) is 18.6. The molecule has 0 unspecified atom stereocenters. The van der Waals surface area contributed by atoms with Crippen molar-refractivity contribution in [2.45, 2.75) is 6.92 Å². The lowest BCUT2D eigenvalue weighted by Crippen LogP contribution is -2.33. The highest BCUT2D eigenvalue weighted by Gasteiger charge is 2.19. The lowest BCUT2D eigenvalue weighted by Gasteiger charge is -2.28. The molecule has 0 bridgehead atoms. The van der Waals surface area contributed by atoms with Crippen molar-refractivity contribution >= 4 is 40.4 Å². The Hall–Kier alpha value is -2.74. The molecule has 8 heteroatoms. The first-order valence-electron chi connectivity index (χ1n) is 9.30. The molecule has 3 aromatic rings. The SMILES string of the molecule is Cc1cn2nc(C(=O)Nc3ccc(N(C)C)cc3)cc2c(N2CCSCC2)n1. The minimum absolute atomic E-state index is 0.223. The third kappa shape index (κ3) is 3.77. The van der Waals surface area contributed by atoms with E-state index in [9.17, 15) is 4.79 Å². The maximum Gasteiger partial charge on any atom is 0.276 e. The Morgan fingerprint density at radius 3 is 2.57 bits per heavy atom. The van der Waals surface area contributed by atoms with Gasteiger partial charge in [-0.15, -0.1) is 0 Å². The smallest absolute Gasteiger partial charge is 0.276 e. The van der Waals surface area contributed by atoms with Crippen LogP contribution in [0.25, 0.3) is 5.52 Å². The van der Waals surface area contributed by atoms with Crippen LogP contribution in [0.3, 0.4) is 0 Å². The van der Waals surface area contributed by atoms with Crippen LogP contribution in [0, 0.1) is 6.92 Å². The molecule has 0 spiro atoms. The molecule has 1 N–H and O–H groups in total. The van der Waals surface area contributed by atoms with E-state index in [1.165, 1.54) is 0 Å². The topological polar surface area (TPSA) is 65.8 Å². The molecule has 1 amide bonds. The van der Waals surface area contributed by atoms with Crippen LogP contribution in [-0.2, 0) is 0 Å². The van der Waals surface area contributed by atoms with Gasteiger partial charge in [0.2, 0.25) is 0 Å². The molecule has 1 aliphatic heterocycles. The molecule has 28 heavy (non-hydrogen) atoms. The summed E-state index contributed by atoms with van der Waals surface area (Å²) in [5, 5.41) is 7.42. The number of amides is 1. The summed E-state index contributed by atoms with van der Waals surface area (Å²) in [6, 6.07) is 9.56. The molecule has 1 aliphatic rings. The number of nitrogens with zero attached hydrogens (tertiary/aromatic N) is 5. The molecule has 3 heterocycles. The van der Waals surface area contributed by atoms with Crippen molar-refractivity contribution in [3.8, 4) is 0 Å². The number of hydrogen-bond donors (Lipinski definition) is 1. The van der Waals surface area contributed by atoms with Crippen molar-refractivity contribution in [2.24, 2.45) is 0 Å². The van der Waals surface area contributed by atoms with Gasteiger partial charge in [-0.3, -0.25) is 4.79 Å². The Morgan fingerprint density at radius 2 is 1.89 bits per heavy atom. The van der Waals surface area contributed by atoms with Crippen molar-refractivity contribution in [2.75, 3.05) is 53.8 Å². The first-order chi connectivity index (χ1) is 13.5. The number of anilines is 3. The van der Waals surface area contributed by atoms with Gasteiger partial charge in [-0.05, 0) is 31.2 Å². The molecule has 4 rings (SSSR count). The fourth-order valence-electron chi connectivity index (χ4n) is 3.25. The van der Waals surface area contributed by atoms with E-state index in [4.69, 9.17) is 4.98 Å². The predicted octanol–water partition coefficient (Wildman–Crippen LogP) is 2.91. The summed E-state index contributed by atoms with van der Waals surface area (Å²) < 4.78 is 1.77. The summed E-state index contributed by atoms with van der Waals surface area (Å²) in [6.07, 6.45) is 1.86. The average Bonchev–Trinajstić information content (AvgIpc) is 3.12. The third-order valence-electron chi connectivity index (χ3n) is 4.74. The van der Waals surface area contributed by atoms with Gasteiger partial charge in [0.25, 0.3) is 5.91 Å². The molecule has 146 valence electrons. The van der Waals surface area contributed by atoms with Crippen molar-refractivity contribution in [1.82, 2.24) is 14.6 Å². The Kier molecular flexibility index (Phi) is 5.13. The Bertz CT molecular complexity index is 992. The van der Waals surface area contributed by atoms with Crippen LogP contribution in [0.2, 0.25) is 0 Å². The normalized spacial score (nSPS) is 14.3. The number of carbonyl (C=O) groups is 1. The Morgan fingerprint density at radius 1 is 1.18 bits per heavy atom. The number of benzene rings is 1. The van der Waals surface area contributed by atoms with E-state index >= 15 is 0 Å². The van der Waals surface area contributed by atoms with Crippen LogP contribution in [0.4, 0.5) is 17.2 Å². The Labute approximate surface area is 168 Å². The third-order valence-corrected chi connectivity index (χ3v) is 5.68. The van der Waals surface area contributed by atoms with Crippen molar-refractivity contribution in [1.29, 1.82) is 0 Å². The van der Waals surface area contributed by atoms with Gasteiger partial charge in [-0.25, -0.2) is 9.50 Å². The number of thioether (sulfide) groups is 1. The van der Waals surface area contributed by atoms with Crippen molar-refractivity contribution in [3.05, 3.63) is 47.9 Å². The zero-order valence-electron chi connectivity index (χ0n) is 16.3. The highest BCUT2D eigenvalue weighted by molar-refractivity contribution is 7.99. The zero-order valence-corrected chi connectivity index (χ0v) is 17.2. The quantitative estimate of drug-likeness (QED) is 0.732. The monoisotopic (exact) mass is 396 g/mol. The van der Waals surface area contributed by atoms with Gasteiger partial charge < -0.3 is 15.1 Å². The summed E-state index contributed by atoms with van der Waals surface area (Å²) in [5.41, 5.74) is 3.96. The maximum absolute atomic E-state index is 12.7. The van der Waals surface area contributed by atoms with Crippen LogP contribution in [-0.4, -0.2) is 59.2 Å². The summed E-state index contributed by atoms with van der Waals surface area (Å²) in [4.78, 5) is 21.8. The lowest BCUT2D eigenvalue weighted by atomic mass is 10.2. The number of fused-ring (bicyclic) bond motifs is 1. The largest absolute Gasteiger partial charge is 0.378 e. The minimum atomic E-state index is -0.223. The van der Waals surface area contributed by atoms with Gasteiger partial charge in [0.15, 0.2) is 11.5 Å². The molecular weight excluding hydrogens is 372 g/mol. The number of hydrogen-bond acceptors (Lipinski definition) is 6. The number of aromatic nitrogens is 3. The number of nitrogens with one attached hydrogen (secondary N) is 1. The standard InChI is InChI=1S/C20H24N6OS/c1-14-13-26-18(19(21-14)25-8-10-28-11-9-25)12-17(23-26)20(27)22-15-4-6-16(7-5-15)24(2)3/h4-7,12-13H,8-11H2,1-3H3,(H,22,27). The van der Waals surface area contributed by atoms with Gasteiger partial charge >= 0.3 is 0 Å². The van der Waals surface area contributed by atoms with E-state index < -0.39 is 0 Å². The van der Waals surface area contributed by atoms with Crippen LogP contribution in [0.15, 0.2) is 36.5 Å². The Balaban J connectivity index is 1.60. The van der Waals surface area contributed by atoms with E-state index in [1.54, 1.807) is 4.52 Å². The zero-order chi connectivity index (χ0) is 19.7. The van der Waals surface area contributed by atoms with E-state index in [0.29, 0.717) is 5.69 Å². The van der Waals surface area contributed by atoms with Crippen LogP contribution in [0.5, 0.6) is 0 Å². The molecule has 1 fully saturated rings. The van der Waals surface area contributed by atoms with Gasteiger partial charge in [0.05, 0.1) is 11.9 Å². The predicted molar refractivity (Wildman–Crippen MR) is 116 cm³/mol. The molecule has 1 saturated heterocycles. The second-order valence-corrected chi connectivity index (χ2v) is 8.28. The van der Waals surface area contributed by atoms with Gasteiger partial charge in [0, 0.05) is 56.1 Å². The van der Waals surface area contributed by atoms with Crippen molar-refractivity contribution in [3.63, 3.8) is 0 Å². The number of carbonyl (C=O) groups excluding carboxylic acids is 1. The van der Waals surface area contributed by atoms with Gasteiger partial charge in [-0.2, -0.15) is 16.9 Å². The van der Waals surface area contributed by atoms with E-state index in [-0.39, 0.29) is 5.91 Å². The highest BCUT2D eigenvalue weighted by Crippen LogP contribution is 2.24. The molecule has 0 saturated carbocycles. The fraction of sp³-hybridized carbons (Fsp3) is 0.350. The molecule has 0 radical (unpaired) electrons. The van der Waals surface area contributed by atoms with E-state index in [0.717, 1.165) is 53.0 Å². The molecule has 0 atom stereocenters. The molecule has 0 aliphatic carbocycles. The fourth-order valence-corrected chi connectivity index (χ4v) is 4.15. The van der Waals surface area contributed by atoms with Gasteiger partial charge in [0.1, 0.15) is 5.52 Å². The summed E-state index contributed by atoms with van der Waals surface area (Å²) >= 11 is 1.96. The molecular formula is C20H24N6OS. The molecule has 1 aromatic carbocycles. The second-order valence-electron chi connectivity index (χ2n) is 7.06.